The largest absolute Gasteiger partial charge is 0.452 e. The van der Waals surface area contributed by atoms with E-state index in [1.165, 1.54) is 0 Å². The predicted octanol–water partition coefficient (Wildman–Crippen LogP) is 2.55. The van der Waals surface area contributed by atoms with E-state index >= 15 is 0 Å². The van der Waals surface area contributed by atoms with Crippen molar-refractivity contribution in [1.82, 2.24) is 15.1 Å². The van der Waals surface area contributed by atoms with Crippen LogP contribution in [0.25, 0.3) is 0 Å². The second kappa shape index (κ2) is 11.7. The molecule has 9 nitrogen and oxygen atoms in total. The zero-order chi connectivity index (χ0) is 25.5. The van der Waals surface area contributed by atoms with Crippen LogP contribution in [0.1, 0.15) is 64.0 Å². The molecule has 1 saturated carbocycles. The Hall–Kier alpha value is -3.14. The van der Waals surface area contributed by atoms with Gasteiger partial charge in [-0.2, -0.15) is 5.10 Å². The summed E-state index contributed by atoms with van der Waals surface area (Å²) in [6.45, 7) is 4.30. The molecular formula is C26H36BN5O4. The minimum absolute atomic E-state index is 0.150. The van der Waals surface area contributed by atoms with Gasteiger partial charge in [-0.1, -0.05) is 62.2 Å². The minimum atomic E-state index is -1.25. The summed E-state index contributed by atoms with van der Waals surface area (Å²) in [6.07, 6.45) is 8.15. The molecule has 0 bridgehead atoms. The summed E-state index contributed by atoms with van der Waals surface area (Å²) < 4.78 is 1.93. The van der Waals surface area contributed by atoms with Crippen molar-refractivity contribution >= 4 is 31.3 Å². The van der Waals surface area contributed by atoms with Gasteiger partial charge in [0.2, 0.25) is 12.0 Å². The topological polar surface area (TPSA) is 109 Å². The Morgan fingerprint density at radius 2 is 2.06 bits per heavy atom. The standard InChI is InChI=1S/C26H36BN5O4/c1-19(2)14-23(27-35)29-25(34)26(15-20-8-4-3-5-9-20)16-21(30-36-26)17-31(18-33)24-12-13-28-32(24)22-10-6-7-11-22/h3-5,8-9,12-13,18-19,22-23,27,35H,6-7,10-11,14-17H2,1-2H3,(H,29,34)/t23-,26?/m0/s1. The zero-order valence-corrected chi connectivity index (χ0v) is 21.2. The monoisotopic (exact) mass is 493 g/mol. The van der Waals surface area contributed by atoms with Gasteiger partial charge in [-0.3, -0.25) is 14.5 Å². The van der Waals surface area contributed by atoms with E-state index in [1.807, 2.05) is 54.9 Å². The predicted molar refractivity (Wildman–Crippen MR) is 140 cm³/mol. The van der Waals surface area contributed by atoms with Crippen LogP contribution in [0.4, 0.5) is 5.82 Å². The molecule has 2 amide bonds. The van der Waals surface area contributed by atoms with Gasteiger partial charge in [-0.25, -0.2) is 4.68 Å². The van der Waals surface area contributed by atoms with Crippen LogP contribution >= 0.6 is 0 Å². The summed E-state index contributed by atoms with van der Waals surface area (Å²) in [5, 5.41) is 21.6. The Labute approximate surface area is 213 Å². The Morgan fingerprint density at radius 1 is 1.31 bits per heavy atom. The molecule has 1 aromatic heterocycles. The minimum Gasteiger partial charge on any atom is -0.452 e. The number of aromatic nitrogens is 2. The molecule has 10 heteroatoms. The lowest BCUT2D eigenvalue weighted by molar-refractivity contribution is -0.144. The van der Waals surface area contributed by atoms with E-state index < -0.39 is 5.60 Å². The maximum atomic E-state index is 13.6. The van der Waals surface area contributed by atoms with Crippen molar-refractivity contribution in [2.45, 2.75) is 76.4 Å². The number of hydrogen-bond acceptors (Lipinski definition) is 6. The average molecular weight is 493 g/mol. The number of benzene rings is 1. The van der Waals surface area contributed by atoms with Crippen molar-refractivity contribution in [3.05, 3.63) is 48.2 Å². The fraction of sp³-hybridized carbons (Fsp3) is 0.538. The van der Waals surface area contributed by atoms with E-state index in [9.17, 15) is 14.6 Å². The van der Waals surface area contributed by atoms with E-state index in [-0.39, 0.29) is 32.3 Å². The zero-order valence-electron chi connectivity index (χ0n) is 21.2. The molecule has 1 aromatic carbocycles. The number of carbonyl (C=O) groups excluding carboxylic acids is 2. The molecule has 2 aromatic rings. The molecule has 2 atom stereocenters. The van der Waals surface area contributed by atoms with E-state index in [4.69, 9.17) is 4.84 Å². The van der Waals surface area contributed by atoms with Crippen molar-refractivity contribution in [3.8, 4) is 0 Å². The van der Waals surface area contributed by atoms with Gasteiger partial charge in [-0.15, -0.1) is 0 Å². The summed E-state index contributed by atoms with van der Waals surface area (Å²) in [4.78, 5) is 33.1. The van der Waals surface area contributed by atoms with Crippen LogP contribution in [0.5, 0.6) is 0 Å². The number of hydrogen-bond donors (Lipinski definition) is 2. The highest BCUT2D eigenvalue weighted by Crippen LogP contribution is 2.33. The molecule has 0 radical (unpaired) electrons. The Balaban J connectivity index is 1.51. The van der Waals surface area contributed by atoms with E-state index in [1.54, 1.807) is 11.1 Å². The second-order valence-corrected chi connectivity index (χ2v) is 10.4. The van der Waals surface area contributed by atoms with Crippen molar-refractivity contribution in [2.75, 3.05) is 11.4 Å². The molecule has 2 heterocycles. The number of carbonyl (C=O) groups is 2. The first kappa shape index (κ1) is 25.9. The first-order chi connectivity index (χ1) is 17.4. The van der Waals surface area contributed by atoms with E-state index in [0.29, 0.717) is 30.5 Å². The molecule has 2 N–H and O–H groups in total. The number of anilines is 1. The number of rotatable bonds is 12. The number of amides is 2. The van der Waals surface area contributed by atoms with Crippen LogP contribution in [0.15, 0.2) is 47.8 Å². The molecule has 1 aliphatic carbocycles. The molecule has 36 heavy (non-hydrogen) atoms. The van der Waals surface area contributed by atoms with Crippen LogP contribution in [0, 0.1) is 5.92 Å². The fourth-order valence-corrected chi connectivity index (χ4v) is 5.25. The van der Waals surface area contributed by atoms with E-state index in [2.05, 4.69) is 15.6 Å². The lowest BCUT2D eigenvalue weighted by Gasteiger charge is -2.28. The molecule has 192 valence electrons. The molecule has 1 aliphatic heterocycles. The second-order valence-electron chi connectivity index (χ2n) is 10.4. The normalized spacial score (nSPS) is 20.6. The van der Waals surface area contributed by atoms with Gasteiger partial charge in [-0.05, 0) is 30.7 Å². The third kappa shape index (κ3) is 5.98. The van der Waals surface area contributed by atoms with Gasteiger partial charge < -0.3 is 15.2 Å². The molecule has 4 rings (SSSR count). The van der Waals surface area contributed by atoms with Crippen molar-refractivity contribution < 1.29 is 19.5 Å². The average Bonchev–Trinajstić information content (AvgIpc) is 3.63. The van der Waals surface area contributed by atoms with Crippen LogP contribution in [0.2, 0.25) is 0 Å². The maximum Gasteiger partial charge on any atom is 0.293 e. The smallest absolute Gasteiger partial charge is 0.293 e. The van der Waals surface area contributed by atoms with Gasteiger partial charge >= 0.3 is 0 Å². The Bertz CT molecular complexity index is 1050. The molecule has 0 saturated heterocycles. The lowest BCUT2D eigenvalue weighted by Crippen LogP contribution is -2.53. The number of nitrogens with one attached hydrogen (secondary N) is 1. The summed E-state index contributed by atoms with van der Waals surface area (Å²) in [7, 11) is -0.150. The van der Waals surface area contributed by atoms with E-state index in [0.717, 1.165) is 43.5 Å². The Kier molecular flexibility index (Phi) is 8.46. The van der Waals surface area contributed by atoms with Crippen molar-refractivity contribution in [3.63, 3.8) is 0 Å². The summed E-state index contributed by atoms with van der Waals surface area (Å²) in [6, 6.07) is 11.8. The Morgan fingerprint density at radius 3 is 2.72 bits per heavy atom. The first-order valence-corrected chi connectivity index (χ1v) is 12.9. The van der Waals surface area contributed by atoms with Gasteiger partial charge in [0, 0.05) is 24.8 Å². The summed E-state index contributed by atoms with van der Waals surface area (Å²) >= 11 is 0. The van der Waals surface area contributed by atoms with Crippen LogP contribution in [-0.4, -0.2) is 58.4 Å². The number of nitrogens with zero attached hydrogens (tertiary/aromatic N) is 4. The molecular weight excluding hydrogens is 457 g/mol. The molecule has 1 unspecified atom stereocenters. The quantitative estimate of drug-likeness (QED) is 0.349. The third-order valence-electron chi connectivity index (χ3n) is 6.99. The highest BCUT2D eigenvalue weighted by Gasteiger charge is 2.47. The lowest BCUT2D eigenvalue weighted by atomic mass is 9.80. The highest BCUT2D eigenvalue weighted by atomic mass is 16.7. The molecule has 0 spiro atoms. The van der Waals surface area contributed by atoms with Gasteiger partial charge in [0.25, 0.3) is 13.4 Å². The van der Waals surface area contributed by atoms with Crippen LogP contribution < -0.4 is 10.2 Å². The van der Waals surface area contributed by atoms with Gasteiger partial charge in [0.15, 0.2) is 0 Å². The SMILES string of the molecule is CC(C)C[C@@H](BO)NC(=O)C1(Cc2ccccc2)CC(CN(C=O)c2ccnn2C2CCCC2)=NO1. The van der Waals surface area contributed by atoms with Gasteiger partial charge in [0.1, 0.15) is 5.82 Å². The van der Waals surface area contributed by atoms with Crippen LogP contribution in [-0.2, 0) is 20.8 Å². The third-order valence-corrected chi connectivity index (χ3v) is 6.99. The summed E-state index contributed by atoms with van der Waals surface area (Å²) in [5.41, 5.74) is 0.304. The fourth-order valence-electron chi connectivity index (χ4n) is 5.25. The molecule has 2 aliphatic rings. The highest BCUT2D eigenvalue weighted by molar-refractivity contribution is 6.28. The number of oxime groups is 1. The van der Waals surface area contributed by atoms with Crippen LogP contribution in [0.3, 0.4) is 0 Å². The van der Waals surface area contributed by atoms with Crippen molar-refractivity contribution in [1.29, 1.82) is 0 Å². The first-order valence-electron chi connectivity index (χ1n) is 12.9. The summed E-state index contributed by atoms with van der Waals surface area (Å²) in [5.74, 6) is 0.361. The maximum absolute atomic E-state index is 13.6. The van der Waals surface area contributed by atoms with Gasteiger partial charge in [0.05, 0.1) is 24.5 Å². The van der Waals surface area contributed by atoms with Crippen molar-refractivity contribution in [2.24, 2.45) is 11.1 Å². The molecule has 1 fully saturated rings.